The van der Waals surface area contributed by atoms with Crippen LogP contribution in [0.15, 0.2) is 94.9 Å². The second-order valence-electron chi connectivity index (χ2n) is 13.4. The molecule has 0 atom stereocenters. The Bertz CT molecular complexity index is 1590. The number of benzene rings is 4. The van der Waals surface area contributed by atoms with Gasteiger partial charge in [0.1, 0.15) is 0 Å². The molecule has 0 spiro atoms. The number of halogens is 1. The van der Waals surface area contributed by atoms with Crippen molar-refractivity contribution in [2.24, 2.45) is 9.98 Å². The summed E-state index contributed by atoms with van der Waals surface area (Å²) in [5.74, 6) is 0. The molecule has 4 heteroatoms. The van der Waals surface area contributed by atoms with E-state index in [1.54, 1.807) is 5.56 Å². The molecule has 0 aliphatic heterocycles. The number of nitrogens with zero attached hydrogens (tertiary/aromatic N) is 2. The first kappa shape index (κ1) is 45.2. The Morgan fingerprint density at radius 3 is 1.75 bits per heavy atom. The van der Waals surface area contributed by atoms with Crippen molar-refractivity contribution in [2.75, 3.05) is 0 Å². The van der Waals surface area contributed by atoms with Crippen LogP contribution in [0.4, 0.5) is 11.4 Å². The van der Waals surface area contributed by atoms with E-state index in [2.05, 4.69) is 158 Å². The molecule has 0 unspecified atom stereocenters. The maximum atomic E-state index is 5.21. The van der Waals surface area contributed by atoms with Gasteiger partial charge in [-0.2, -0.15) is 6.42 Å². The predicted molar refractivity (Wildman–Crippen MR) is 230 cm³/mol. The summed E-state index contributed by atoms with van der Waals surface area (Å²) in [6.45, 7) is 17.1. The van der Waals surface area contributed by atoms with Gasteiger partial charge in [-0.1, -0.05) is 141 Å². The molecule has 0 aliphatic carbocycles. The summed E-state index contributed by atoms with van der Waals surface area (Å²) < 4.78 is 0. The van der Waals surface area contributed by atoms with Crippen LogP contribution < -0.4 is 0 Å². The van der Waals surface area contributed by atoms with E-state index in [1.807, 2.05) is 6.21 Å². The van der Waals surface area contributed by atoms with Crippen molar-refractivity contribution in [3.63, 3.8) is 0 Å². The molecule has 4 aromatic rings. The minimum absolute atomic E-state index is 0.838. The van der Waals surface area contributed by atoms with E-state index >= 15 is 0 Å². The van der Waals surface area contributed by atoms with E-state index in [0.717, 1.165) is 62.0 Å². The third-order valence-corrected chi connectivity index (χ3v) is 9.38. The Hall–Kier alpha value is -3.00. The van der Waals surface area contributed by atoms with Gasteiger partial charge in [-0.05, 0) is 120 Å². The van der Waals surface area contributed by atoms with Crippen LogP contribution in [-0.4, -0.2) is 11.9 Å². The van der Waals surface area contributed by atoms with Crippen molar-refractivity contribution >= 4 is 33.5 Å². The molecule has 0 saturated carbocycles. The number of aliphatic imine (C=N–C) groups is 2. The van der Waals surface area contributed by atoms with Crippen LogP contribution in [0.3, 0.4) is 0 Å². The summed E-state index contributed by atoms with van der Waals surface area (Å²) in [5, 5.41) is 0. The van der Waals surface area contributed by atoms with E-state index in [4.69, 9.17) is 9.98 Å². The van der Waals surface area contributed by atoms with Gasteiger partial charge in [0.05, 0.1) is 17.1 Å². The number of unbranched alkanes of at least 4 members (excludes halogenated alkanes) is 6. The maximum absolute atomic E-state index is 5.21. The third kappa shape index (κ3) is 15.2. The SMILES string of the molecule is CCCCCCc1cc(N=C(C=Nc2cc(CCCC)c(-c3ccccc3)c(-c3ccccc3)c2)CC)cc(CC)c1CCCC.[CH2-]CCC.[Cl][Ni]. The number of rotatable bonds is 19. The van der Waals surface area contributed by atoms with Crippen LogP contribution in [0.1, 0.15) is 134 Å². The van der Waals surface area contributed by atoms with Gasteiger partial charge in [-0.3, -0.25) is 9.98 Å². The van der Waals surface area contributed by atoms with Crippen LogP contribution in [0.2, 0.25) is 0 Å². The zero-order valence-corrected chi connectivity index (χ0v) is 34.8. The molecule has 0 amide bonds. The van der Waals surface area contributed by atoms with Crippen molar-refractivity contribution in [1.29, 1.82) is 0 Å². The van der Waals surface area contributed by atoms with Gasteiger partial charge in [-0.25, -0.2) is 0 Å². The monoisotopic (exact) mass is 762 g/mol. The van der Waals surface area contributed by atoms with Gasteiger partial charge in [0.25, 0.3) is 0 Å². The quantitative estimate of drug-likeness (QED) is 0.0393. The summed E-state index contributed by atoms with van der Waals surface area (Å²) in [7, 11) is 4.26. The second-order valence-corrected chi connectivity index (χ2v) is 13.4. The Labute approximate surface area is 330 Å². The molecule has 2 nitrogen and oxygen atoms in total. The Morgan fingerprint density at radius 1 is 0.615 bits per heavy atom. The van der Waals surface area contributed by atoms with Crippen LogP contribution >= 0.6 is 10.2 Å². The molecule has 285 valence electrons. The standard InChI is InChI=1S/C44H56N2.C4H9.ClH.Ni/c1-6-11-14-17-27-37-30-41(29-34(9-4)42(37)28-13-8-3)46-39(10-5)33-45-40-31-38(22-12-7-2)44(36-25-20-16-21-26-36)43(32-40)35-23-18-15-19-24-35;1-3-4-2;;/h15-16,18-21,23-26,29-33H,6-14,17,22,27-28H2,1-5H3;1,3-4H2,2H3;1H;/q;-1;;+1/p-1. The number of hydrogen-bond donors (Lipinski definition) is 0. The molecule has 0 N–H and O–H groups in total. The first-order valence-electron chi connectivity index (χ1n) is 20.0. The summed E-state index contributed by atoms with van der Waals surface area (Å²) >= 11 is 3.35. The zero-order valence-electron chi connectivity index (χ0n) is 33.1. The fourth-order valence-corrected chi connectivity index (χ4v) is 6.43. The van der Waals surface area contributed by atoms with Crippen molar-refractivity contribution in [1.82, 2.24) is 0 Å². The van der Waals surface area contributed by atoms with Crippen LogP contribution in [-0.2, 0) is 40.3 Å². The van der Waals surface area contributed by atoms with E-state index in [-0.39, 0.29) is 0 Å². The van der Waals surface area contributed by atoms with E-state index in [9.17, 15) is 0 Å². The second kappa shape index (κ2) is 27.6. The normalized spacial score (nSPS) is 11.2. The summed E-state index contributed by atoms with van der Waals surface area (Å²) in [4.78, 5) is 10.3. The average molecular weight is 764 g/mol. The van der Waals surface area contributed by atoms with Gasteiger partial charge in [-0.15, -0.1) is 0 Å². The molecule has 0 fully saturated rings. The molecule has 0 bridgehead atoms. The Balaban J connectivity index is 0.00000146. The van der Waals surface area contributed by atoms with E-state index in [0.29, 0.717) is 0 Å². The number of aryl methyl sites for hydroxylation is 3. The van der Waals surface area contributed by atoms with Crippen molar-refractivity contribution < 1.29 is 14.6 Å². The van der Waals surface area contributed by atoms with E-state index < -0.39 is 0 Å². The van der Waals surface area contributed by atoms with Crippen LogP contribution in [0, 0.1) is 6.92 Å². The Kier molecular flexibility index (Phi) is 24.0. The minimum atomic E-state index is 0.838. The molecular weight excluding hydrogens is 699 g/mol. The van der Waals surface area contributed by atoms with Crippen molar-refractivity contribution in [3.8, 4) is 22.3 Å². The molecular formula is C48H65ClN2Ni-. The number of hydrogen-bond acceptors (Lipinski definition) is 2. The van der Waals surface area contributed by atoms with Gasteiger partial charge in [0, 0.05) is 6.21 Å². The average Bonchev–Trinajstić information content (AvgIpc) is 3.20. The molecule has 52 heavy (non-hydrogen) atoms. The van der Waals surface area contributed by atoms with Crippen molar-refractivity contribution in [3.05, 3.63) is 114 Å². The summed E-state index contributed by atoms with van der Waals surface area (Å²) in [6.07, 6.45) is 19.5. The Morgan fingerprint density at radius 2 is 1.17 bits per heavy atom. The predicted octanol–water partition coefficient (Wildman–Crippen LogP) is 15.6. The first-order chi connectivity index (χ1) is 25.5. The molecule has 0 saturated heterocycles. The topological polar surface area (TPSA) is 24.7 Å². The third-order valence-electron chi connectivity index (χ3n) is 9.38. The fraction of sp³-hybridized carbons (Fsp3) is 0.438. The summed E-state index contributed by atoms with van der Waals surface area (Å²) in [5.41, 5.74) is 14.1. The van der Waals surface area contributed by atoms with Gasteiger partial charge in [0.2, 0.25) is 0 Å². The molecule has 0 radical (unpaired) electrons. The molecule has 4 aromatic carbocycles. The van der Waals surface area contributed by atoms with Gasteiger partial charge in [0.15, 0.2) is 0 Å². The fourth-order valence-electron chi connectivity index (χ4n) is 6.43. The van der Waals surface area contributed by atoms with Crippen LogP contribution in [0.25, 0.3) is 22.3 Å². The van der Waals surface area contributed by atoms with Crippen LogP contribution in [0.5, 0.6) is 0 Å². The van der Waals surface area contributed by atoms with Crippen molar-refractivity contribution in [2.45, 2.75) is 138 Å². The molecule has 0 heterocycles. The molecule has 4 rings (SSSR count). The first-order valence-corrected chi connectivity index (χ1v) is 21.3. The zero-order chi connectivity index (χ0) is 38.0. The summed E-state index contributed by atoms with van der Waals surface area (Å²) in [6, 6.07) is 30.9. The van der Waals surface area contributed by atoms with E-state index in [1.165, 1.54) is 90.3 Å². The molecule has 0 aliphatic rings. The van der Waals surface area contributed by atoms with Gasteiger partial charge >= 0.3 is 24.8 Å². The molecule has 0 aromatic heterocycles. The van der Waals surface area contributed by atoms with Gasteiger partial charge < -0.3 is 6.92 Å².